The van der Waals surface area contributed by atoms with Crippen molar-refractivity contribution in [2.75, 3.05) is 37.6 Å². The quantitative estimate of drug-likeness (QED) is 0.593. The summed E-state index contributed by atoms with van der Waals surface area (Å²) in [6.45, 7) is 6.19. The van der Waals surface area contributed by atoms with E-state index in [1.54, 1.807) is 6.07 Å². The van der Waals surface area contributed by atoms with Crippen LogP contribution in [0.1, 0.15) is 43.2 Å². The van der Waals surface area contributed by atoms with Gasteiger partial charge < -0.3 is 19.7 Å². The molecule has 5 rings (SSSR count). The van der Waals surface area contributed by atoms with Crippen LogP contribution in [0, 0.1) is 12.8 Å². The number of phenolic OH excluding ortho intramolecular Hbond substituents is 1. The second-order valence-corrected chi connectivity index (χ2v) is 9.23. The van der Waals surface area contributed by atoms with Crippen molar-refractivity contribution in [3.8, 4) is 5.75 Å². The Morgan fingerprint density at radius 1 is 1.12 bits per heavy atom. The Bertz CT molecular complexity index is 1110. The third-order valence-electron chi connectivity index (χ3n) is 7.01. The highest BCUT2D eigenvalue weighted by molar-refractivity contribution is 5.85. The maximum atomic E-state index is 13.0. The summed E-state index contributed by atoms with van der Waals surface area (Å²) in [6, 6.07) is 13.5. The minimum Gasteiger partial charge on any atom is -0.506 e. The number of pyridine rings is 1. The maximum Gasteiger partial charge on any atom is 0.223 e. The fraction of sp³-hybridized carbons (Fsp3) is 0.462. The van der Waals surface area contributed by atoms with Crippen LogP contribution in [0.4, 0.5) is 5.82 Å². The third-order valence-corrected chi connectivity index (χ3v) is 7.01. The molecular weight excluding hydrogens is 416 g/mol. The van der Waals surface area contributed by atoms with Gasteiger partial charge in [0.25, 0.3) is 0 Å². The van der Waals surface area contributed by atoms with Crippen molar-refractivity contribution >= 4 is 22.6 Å². The number of para-hydroxylation sites is 1. The number of hydrogen-bond donors (Lipinski definition) is 2. The highest BCUT2D eigenvalue weighted by Gasteiger charge is 2.29. The Morgan fingerprint density at radius 2 is 1.91 bits per heavy atom. The minimum atomic E-state index is 0.00711. The molecule has 1 amide bonds. The number of nitrogens with zero attached hydrogens (tertiary/aromatic N) is 3. The van der Waals surface area contributed by atoms with Crippen LogP contribution in [-0.4, -0.2) is 53.6 Å². The van der Waals surface area contributed by atoms with E-state index in [-0.39, 0.29) is 23.6 Å². The van der Waals surface area contributed by atoms with Gasteiger partial charge >= 0.3 is 0 Å². The molecule has 1 unspecified atom stereocenters. The molecule has 0 spiro atoms. The van der Waals surface area contributed by atoms with Crippen LogP contribution < -0.4 is 10.2 Å². The van der Waals surface area contributed by atoms with E-state index >= 15 is 0 Å². The first kappa shape index (κ1) is 21.8. The zero-order valence-electron chi connectivity index (χ0n) is 19.2. The van der Waals surface area contributed by atoms with Gasteiger partial charge in [-0.05, 0) is 76.0 Å². The Balaban J connectivity index is 1.18. The predicted octanol–water partition coefficient (Wildman–Crippen LogP) is 4.01. The topological polar surface area (TPSA) is 81.8 Å². The molecule has 2 saturated heterocycles. The fourth-order valence-electron chi connectivity index (χ4n) is 5.11. The molecule has 7 heteroatoms. The number of rotatable bonds is 6. The number of piperidine rings is 1. The van der Waals surface area contributed by atoms with Gasteiger partial charge in [-0.15, -0.1) is 0 Å². The summed E-state index contributed by atoms with van der Waals surface area (Å²) >= 11 is 0. The van der Waals surface area contributed by atoms with Gasteiger partial charge in [0.1, 0.15) is 28.6 Å². The normalized spacial score (nSPS) is 18.6. The Kier molecular flexibility index (Phi) is 6.22. The number of nitrogens with one attached hydrogen (secondary N) is 1. The van der Waals surface area contributed by atoms with E-state index in [0.717, 1.165) is 61.7 Å². The van der Waals surface area contributed by atoms with Crippen molar-refractivity contribution in [1.82, 2.24) is 15.2 Å². The number of benzene rings is 1. The van der Waals surface area contributed by atoms with Gasteiger partial charge in [-0.2, -0.15) is 0 Å². The molecule has 0 saturated carbocycles. The summed E-state index contributed by atoms with van der Waals surface area (Å²) < 4.78 is 5.91. The van der Waals surface area contributed by atoms with Crippen molar-refractivity contribution in [2.24, 2.45) is 5.92 Å². The number of aryl methyl sites for hydroxylation is 1. The van der Waals surface area contributed by atoms with E-state index in [0.29, 0.717) is 12.1 Å². The third kappa shape index (κ3) is 4.69. The van der Waals surface area contributed by atoms with Crippen LogP contribution in [0.25, 0.3) is 10.9 Å². The van der Waals surface area contributed by atoms with E-state index in [1.165, 1.54) is 12.8 Å². The number of aromatic nitrogens is 1. The summed E-state index contributed by atoms with van der Waals surface area (Å²) in [7, 11) is 0. The van der Waals surface area contributed by atoms with E-state index in [2.05, 4.69) is 20.1 Å². The van der Waals surface area contributed by atoms with Crippen molar-refractivity contribution in [2.45, 2.75) is 38.6 Å². The molecule has 1 aromatic carbocycles. The van der Waals surface area contributed by atoms with Crippen molar-refractivity contribution < 1.29 is 14.3 Å². The maximum absolute atomic E-state index is 13.0. The lowest BCUT2D eigenvalue weighted by atomic mass is 9.95. The van der Waals surface area contributed by atoms with Crippen LogP contribution in [0.15, 0.2) is 46.9 Å². The molecule has 7 nitrogen and oxygen atoms in total. The van der Waals surface area contributed by atoms with E-state index in [4.69, 9.17) is 4.42 Å². The first-order valence-corrected chi connectivity index (χ1v) is 12.0. The highest BCUT2D eigenvalue weighted by atomic mass is 16.3. The first-order valence-electron chi connectivity index (χ1n) is 12.0. The molecule has 0 aliphatic carbocycles. The van der Waals surface area contributed by atoms with Crippen molar-refractivity contribution in [3.63, 3.8) is 0 Å². The summed E-state index contributed by atoms with van der Waals surface area (Å²) in [5.41, 5.74) is 0.621. The Labute approximate surface area is 194 Å². The largest absolute Gasteiger partial charge is 0.506 e. The molecule has 2 N–H and O–H groups in total. The van der Waals surface area contributed by atoms with Crippen molar-refractivity contribution in [1.29, 1.82) is 0 Å². The average Bonchev–Trinajstić information content (AvgIpc) is 3.52. The molecule has 33 heavy (non-hydrogen) atoms. The zero-order chi connectivity index (χ0) is 22.8. The Hall–Kier alpha value is -3.06. The molecule has 1 atom stereocenters. The summed E-state index contributed by atoms with van der Waals surface area (Å²) in [4.78, 5) is 22.3. The standard InChI is InChI=1S/C26H32N4O3/c1-18-7-9-23(33-18)21(29-13-2-3-14-29)17-27-26(32)20-11-15-30(16-12-20)24-10-8-19-5-4-6-22(31)25(19)28-24/h4-10,20-21,31H,2-3,11-17H2,1H3,(H,27,32). The lowest BCUT2D eigenvalue weighted by molar-refractivity contribution is -0.125. The number of carbonyl (C=O) groups excluding carboxylic acids is 1. The predicted molar refractivity (Wildman–Crippen MR) is 128 cm³/mol. The molecular formula is C26H32N4O3. The second-order valence-electron chi connectivity index (χ2n) is 9.23. The van der Waals surface area contributed by atoms with Gasteiger partial charge in [0.2, 0.25) is 5.91 Å². The second kappa shape index (κ2) is 9.43. The van der Waals surface area contributed by atoms with E-state index in [9.17, 15) is 9.90 Å². The van der Waals surface area contributed by atoms with Crippen LogP contribution in [0.2, 0.25) is 0 Å². The van der Waals surface area contributed by atoms with Gasteiger partial charge in [-0.3, -0.25) is 9.69 Å². The van der Waals surface area contributed by atoms with Gasteiger partial charge in [0.15, 0.2) is 0 Å². The first-order chi connectivity index (χ1) is 16.1. The minimum absolute atomic E-state index is 0.00711. The summed E-state index contributed by atoms with van der Waals surface area (Å²) in [5.74, 6) is 3.03. The summed E-state index contributed by atoms with van der Waals surface area (Å²) in [5, 5.41) is 14.3. The molecule has 174 valence electrons. The number of phenols is 1. The SMILES string of the molecule is Cc1ccc(C(CNC(=O)C2CCN(c3ccc4cccc(O)c4n3)CC2)N2CCCC2)o1. The number of carbonyl (C=O) groups is 1. The molecule has 4 heterocycles. The smallest absolute Gasteiger partial charge is 0.223 e. The van der Waals surface area contributed by atoms with Gasteiger partial charge in [0.05, 0.1) is 6.04 Å². The van der Waals surface area contributed by atoms with Gasteiger partial charge in [-0.1, -0.05) is 12.1 Å². The lowest BCUT2D eigenvalue weighted by Gasteiger charge is -2.33. The highest BCUT2D eigenvalue weighted by Crippen LogP contribution is 2.29. The van der Waals surface area contributed by atoms with E-state index in [1.807, 2.05) is 43.3 Å². The molecule has 2 aromatic heterocycles. The number of likely N-dealkylation sites (tertiary alicyclic amines) is 1. The van der Waals surface area contributed by atoms with Crippen LogP contribution >= 0.6 is 0 Å². The lowest BCUT2D eigenvalue weighted by Crippen LogP contribution is -2.43. The Morgan fingerprint density at radius 3 is 2.64 bits per heavy atom. The van der Waals surface area contributed by atoms with Gasteiger partial charge in [-0.25, -0.2) is 4.98 Å². The van der Waals surface area contributed by atoms with E-state index < -0.39 is 0 Å². The molecule has 0 radical (unpaired) electrons. The average molecular weight is 449 g/mol. The molecule has 3 aromatic rings. The number of aromatic hydroxyl groups is 1. The summed E-state index contributed by atoms with van der Waals surface area (Å²) in [6.07, 6.45) is 3.98. The number of hydrogen-bond acceptors (Lipinski definition) is 6. The molecule has 2 fully saturated rings. The van der Waals surface area contributed by atoms with Gasteiger partial charge in [0, 0.05) is 30.9 Å². The number of fused-ring (bicyclic) bond motifs is 1. The number of furan rings is 1. The van der Waals surface area contributed by atoms with Crippen LogP contribution in [0.5, 0.6) is 5.75 Å². The zero-order valence-corrected chi connectivity index (χ0v) is 19.2. The van der Waals surface area contributed by atoms with Crippen LogP contribution in [0.3, 0.4) is 0 Å². The molecule has 2 aliphatic heterocycles. The fourth-order valence-corrected chi connectivity index (χ4v) is 5.11. The number of anilines is 1. The number of amides is 1. The van der Waals surface area contributed by atoms with Crippen LogP contribution in [-0.2, 0) is 4.79 Å². The van der Waals surface area contributed by atoms with Crippen molar-refractivity contribution in [3.05, 3.63) is 54.0 Å². The molecule has 2 aliphatic rings. The monoisotopic (exact) mass is 448 g/mol. The molecule has 0 bridgehead atoms.